The molecule has 0 bridgehead atoms. The summed E-state index contributed by atoms with van der Waals surface area (Å²) in [6, 6.07) is 11.0. The predicted octanol–water partition coefficient (Wildman–Crippen LogP) is 5.80. The third-order valence-corrected chi connectivity index (χ3v) is 5.89. The quantitative estimate of drug-likeness (QED) is 0.565. The van der Waals surface area contributed by atoms with E-state index >= 15 is 0 Å². The van der Waals surface area contributed by atoms with Crippen molar-refractivity contribution < 1.29 is 14.3 Å². The van der Waals surface area contributed by atoms with Gasteiger partial charge in [-0.05, 0) is 47.5 Å². The van der Waals surface area contributed by atoms with Crippen LogP contribution in [0.3, 0.4) is 0 Å². The fraction of sp³-hybridized carbons (Fsp3) is 0.100. The number of hydrogen-bond donors (Lipinski definition) is 1. The fourth-order valence-corrected chi connectivity index (χ4v) is 4.60. The molecule has 142 valence electrons. The van der Waals surface area contributed by atoms with E-state index in [2.05, 4.69) is 5.10 Å². The smallest absolute Gasteiger partial charge is 0.354 e. The highest BCUT2D eigenvalue weighted by molar-refractivity contribution is 7.99. The highest BCUT2D eigenvalue weighted by Gasteiger charge is 2.29. The minimum Gasteiger partial charge on any atom is -0.476 e. The van der Waals surface area contributed by atoms with Crippen LogP contribution in [0.25, 0.3) is 17.3 Å². The Kier molecular flexibility index (Phi) is 5.19. The molecule has 0 saturated heterocycles. The lowest BCUT2D eigenvalue weighted by molar-refractivity contribution is 0.0686. The first-order valence-corrected chi connectivity index (χ1v) is 10.2. The van der Waals surface area contributed by atoms with Crippen molar-refractivity contribution in [3.05, 3.63) is 80.8 Å². The molecule has 1 N–H and O–H groups in total. The molecule has 3 aromatic rings. The number of rotatable bonds is 3. The van der Waals surface area contributed by atoms with E-state index in [-0.39, 0.29) is 11.5 Å². The average Bonchev–Trinajstić information content (AvgIpc) is 3.04. The number of carboxylic acids is 1. The Bertz CT molecular complexity index is 1110. The van der Waals surface area contributed by atoms with E-state index in [0.717, 1.165) is 11.1 Å². The van der Waals surface area contributed by atoms with Crippen LogP contribution in [0.15, 0.2) is 42.5 Å². The van der Waals surface area contributed by atoms with Gasteiger partial charge in [0.25, 0.3) is 0 Å². The summed E-state index contributed by atoms with van der Waals surface area (Å²) in [5.41, 5.74) is 3.49. The van der Waals surface area contributed by atoms with E-state index in [4.69, 9.17) is 23.2 Å². The molecule has 1 aliphatic heterocycles. The number of fused-ring (bicyclic) bond motifs is 1. The number of carbonyl (C=O) groups is 1. The van der Waals surface area contributed by atoms with Gasteiger partial charge in [-0.15, -0.1) is 0 Å². The highest BCUT2D eigenvalue weighted by atomic mass is 35.5. The number of halogens is 3. The summed E-state index contributed by atoms with van der Waals surface area (Å²) < 4.78 is 14.5. The van der Waals surface area contributed by atoms with Crippen LogP contribution in [-0.4, -0.2) is 26.6 Å². The largest absolute Gasteiger partial charge is 0.476 e. The Labute approximate surface area is 174 Å². The number of hydrogen-bond acceptors (Lipinski definition) is 3. The topological polar surface area (TPSA) is 55.1 Å². The van der Waals surface area contributed by atoms with Crippen molar-refractivity contribution in [1.29, 1.82) is 0 Å². The van der Waals surface area contributed by atoms with Crippen LogP contribution in [0.5, 0.6) is 0 Å². The van der Waals surface area contributed by atoms with Gasteiger partial charge >= 0.3 is 5.97 Å². The maximum absolute atomic E-state index is 13.2. The lowest BCUT2D eigenvalue weighted by Crippen LogP contribution is -2.10. The zero-order valence-corrected chi connectivity index (χ0v) is 16.7. The maximum Gasteiger partial charge on any atom is 0.354 e. The van der Waals surface area contributed by atoms with Crippen molar-refractivity contribution in [2.24, 2.45) is 0 Å². The van der Waals surface area contributed by atoms with E-state index in [1.807, 2.05) is 6.08 Å². The molecule has 1 aromatic heterocycles. The molecule has 0 spiro atoms. The molecule has 0 atom stereocenters. The molecule has 8 heteroatoms. The van der Waals surface area contributed by atoms with Crippen LogP contribution in [0, 0.1) is 5.82 Å². The summed E-state index contributed by atoms with van der Waals surface area (Å²) in [5.74, 6) is -0.184. The molecule has 1 aliphatic rings. The molecule has 0 amide bonds. The van der Waals surface area contributed by atoms with Gasteiger partial charge in [0.15, 0.2) is 5.69 Å². The fourth-order valence-electron chi connectivity index (χ4n) is 3.09. The molecule has 0 saturated carbocycles. The average molecular weight is 435 g/mol. The van der Waals surface area contributed by atoms with E-state index in [0.29, 0.717) is 38.5 Å². The van der Waals surface area contributed by atoms with Crippen LogP contribution < -0.4 is 0 Å². The molecule has 2 aromatic carbocycles. The van der Waals surface area contributed by atoms with Crippen molar-refractivity contribution in [1.82, 2.24) is 9.78 Å². The monoisotopic (exact) mass is 434 g/mol. The first-order chi connectivity index (χ1) is 13.4. The molecule has 0 aliphatic carbocycles. The summed E-state index contributed by atoms with van der Waals surface area (Å²) in [6.07, 6.45) is 1.90. The summed E-state index contributed by atoms with van der Waals surface area (Å²) in [5, 5.41) is 15.2. The molecule has 28 heavy (non-hydrogen) atoms. The number of benzene rings is 2. The second-order valence-electron chi connectivity index (χ2n) is 6.20. The molecule has 0 fully saturated rings. The lowest BCUT2D eigenvalue weighted by atomic mass is 10.0. The second kappa shape index (κ2) is 7.62. The Morgan fingerprint density at radius 1 is 1.18 bits per heavy atom. The normalized spacial score (nSPS) is 14.9. The summed E-state index contributed by atoms with van der Waals surface area (Å²) >= 11 is 13.9. The Balaban J connectivity index is 1.88. The van der Waals surface area contributed by atoms with Gasteiger partial charge in [-0.2, -0.15) is 16.9 Å². The molecule has 0 unspecified atom stereocenters. The molecule has 2 heterocycles. The molecular weight excluding hydrogens is 422 g/mol. The third kappa shape index (κ3) is 3.55. The Morgan fingerprint density at radius 2 is 1.93 bits per heavy atom. The van der Waals surface area contributed by atoms with Gasteiger partial charge in [0.1, 0.15) is 5.82 Å². The van der Waals surface area contributed by atoms with Gasteiger partial charge in [-0.3, -0.25) is 0 Å². The van der Waals surface area contributed by atoms with Crippen LogP contribution in [-0.2, 0) is 5.75 Å². The SMILES string of the molecule is O=C(O)c1c2c(nn1-c1ccc(Cl)cc1Cl)/C(=C/c1ccc(F)cc1)CSC2. The van der Waals surface area contributed by atoms with E-state index in [9.17, 15) is 14.3 Å². The van der Waals surface area contributed by atoms with Crippen molar-refractivity contribution in [3.8, 4) is 5.69 Å². The van der Waals surface area contributed by atoms with Gasteiger partial charge < -0.3 is 5.11 Å². The zero-order chi connectivity index (χ0) is 19.8. The highest BCUT2D eigenvalue weighted by Crippen LogP contribution is 2.37. The maximum atomic E-state index is 13.2. The molecule has 4 nitrogen and oxygen atoms in total. The van der Waals surface area contributed by atoms with E-state index in [1.165, 1.54) is 16.8 Å². The van der Waals surface area contributed by atoms with E-state index in [1.54, 1.807) is 42.1 Å². The molecule has 0 radical (unpaired) electrons. The third-order valence-electron chi connectivity index (χ3n) is 4.34. The van der Waals surface area contributed by atoms with Crippen molar-refractivity contribution >= 4 is 52.6 Å². The van der Waals surface area contributed by atoms with Crippen molar-refractivity contribution in [2.45, 2.75) is 5.75 Å². The van der Waals surface area contributed by atoms with Gasteiger partial charge in [-0.1, -0.05) is 35.3 Å². The first kappa shape index (κ1) is 19.1. The van der Waals surface area contributed by atoms with E-state index < -0.39 is 5.97 Å². The van der Waals surface area contributed by atoms with Gasteiger partial charge in [-0.25, -0.2) is 13.9 Å². The van der Waals surface area contributed by atoms with Crippen molar-refractivity contribution in [2.75, 3.05) is 5.75 Å². The van der Waals surface area contributed by atoms with Crippen molar-refractivity contribution in [3.63, 3.8) is 0 Å². The van der Waals surface area contributed by atoms with Gasteiger partial charge in [0, 0.05) is 22.1 Å². The number of aromatic carboxylic acids is 1. The summed E-state index contributed by atoms with van der Waals surface area (Å²) in [6.45, 7) is 0. The number of thioether (sulfide) groups is 1. The number of aromatic nitrogens is 2. The Morgan fingerprint density at radius 3 is 2.61 bits per heavy atom. The predicted molar refractivity (Wildman–Crippen MR) is 111 cm³/mol. The summed E-state index contributed by atoms with van der Waals surface area (Å²) in [7, 11) is 0. The Hall–Kier alpha value is -2.28. The first-order valence-electron chi connectivity index (χ1n) is 8.29. The standard InChI is InChI=1S/C20H13Cl2FN2O2S/c21-13-3-6-17(16(22)8-13)25-19(20(26)27)15-10-28-9-12(18(15)24-25)7-11-1-4-14(23)5-2-11/h1-8H,9-10H2,(H,26,27)/b12-7+. The second-order valence-corrected chi connectivity index (χ2v) is 8.03. The van der Waals surface area contributed by atoms with Crippen LogP contribution in [0.2, 0.25) is 10.0 Å². The minimum atomic E-state index is -1.08. The van der Waals surface area contributed by atoms with Crippen LogP contribution in [0.1, 0.15) is 27.3 Å². The van der Waals surface area contributed by atoms with Crippen LogP contribution in [0.4, 0.5) is 4.39 Å². The number of carboxylic acid groups (broad SMARTS) is 1. The molecular formula is C20H13Cl2FN2O2S. The molecule has 4 rings (SSSR count). The number of nitrogens with zero attached hydrogens (tertiary/aromatic N) is 2. The zero-order valence-electron chi connectivity index (χ0n) is 14.3. The minimum absolute atomic E-state index is 0.0800. The summed E-state index contributed by atoms with van der Waals surface area (Å²) in [4.78, 5) is 12.0. The van der Waals surface area contributed by atoms with Gasteiger partial charge in [0.2, 0.25) is 0 Å². The van der Waals surface area contributed by atoms with Crippen LogP contribution >= 0.6 is 35.0 Å². The lowest BCUT2D eigenvalue weighted by Gasteiger charge is -2.13. The van der Waals surface area contributed by atoms with Gasteiger partial charge in [0.05, 0.1) is 16.4 Å².